The molecule has 3 rings (SSSR count). The van der Waals surface area contributed by atoms with E-state index < -0.39 is 6.09 Å². The van der Waals surface area contributed by atoms with E-state index in [4.69, 9.17) is 21.1 Å². The zero-order valence-corrected chi connectivity index (χ0v) is 12.9. The summed E-state index contributed by atoms with van der Waals surface area (Å²) in [6.07, 6.45) is 1.09. The maximum absolute atomic E-state index is 11.8. The Labute approximate surface area is 134 Å². The van der Waals surface area contributed by atoms with Crippen molar-refractivity contribution < 1.29 is 14.3 Å². The molecule has 2 saturated heterocycles. The fraction of sp³-hybridized carbons (Fsp3) is 0.467. The van der Waals surface area contributed by atoms with Crippen molar-refractivity contribution >= 4 is 23.9 Å². The number of hydrazone groups is 1. The summed E-state index contributed by atoms with van der Waals surface area (Å²) in [4.78, 5) is 14.1. The highest BCUT2D eigenvalue weighted by Crippen LogP contribution is 2.14. The van der Waals surface area contributed by atoms with Gasteiger partial charge in [0.05, 0.1) is 26.0 Å². The van der Waals surface area contributed by atoms with Gasteiger partial charge in [-0.15, -0.1) is 0 Å². The Morgan fingerprint density at radius 2 is 2.00 bits per heavy atom. The number of nitrogens with zero attached hydrogens (tertiary/aromatic N) is 3. The number of morpholine rings is 1. The van der Waals surface area contributed by atoms with E-state index >= 15 is 0 Å². The predicted molar refractivity (Wildman–Crippen MR) is 83.3 cm³/mol. The minimum atomic E-state index is -0.400. The number of rotatable bonds is 4. The number of hydrogen-bond acceptors (Lipinski definition) is 5. The fourth-order valence-electron chi connectivity index (χ4n) is 2.45. The topological polar surface area (TPSA) is 54.4 Å². The van der Waals surface area contributed by atoms with Crippen molar-refractivity contribution in [2.45, 2.75) is 6.10 Å². The molecule has 2 fully saturated rings. The van der Waals surface area contributed by atoms with Crippen molar-refractivity contribution in [1.29, 1.82) is 0 Å². The van der Waals surface area contributed by atoms with Crippen LogP contribution in [0.3, 0.4) is 0 Å². The van der Waals surface area contributed by atoms with Crippen LogP contribution in [0.4, 0.5) is 4.79 Å². The monoisotopic (exact) mass is 323 g/mol. The maximum Gasteiger partial charge on any atom is 0.430 e. The molecular weight excluding hydrogens is 306 g/mol. The van der Waals surface area contributed by atoms with Gasteiger partial charge in [0, 0.05) is 24.7 Å². The van der Waals surface area contributed by atoms with E-state index in [0.717, 1.165) is 38.4 Å². The van der Waals surface area contributed by atoms with Gasteiger partial charge < -0.3 is 9.47 Å². The van der Waals surface area contributed by atoms with Crippen LogP contribution in [0, 0.1) is 0 Å². The van der Waals surface area contributed by atoms with Crippen molar-refractivity contribution in [2.24, 2.45) is 5.10 Å². The van der Waals surface area contributed by atoms with E-state index in [9.17, 15) is 4.79 Å². The lowest BCUT2D eigenvalue weighted by atomic mass is 10.2. The standard InChI is InChI=1S/C15H18ClN3O3/c16-13-3-1-12(2-4-13)9-17-19-11-14(22-15(19)20)10-18-5-7-21-8-6-18/h1-4,9,14H,5-8,10-11H2/b17-9+. The Bertz CT molecular complexity index is 543. The number of ether oxygens (including phenoxy) is 2. The summed E-state index contributed by atoms with van der Waals surface area (Å²) < 4.78 is 10.7. The third-order valence-corrected chi connectivity index (χ3v) is 3.89. The molecule has 7 heteroatoms. The Morgan fingerprint density at radius 3 is 2.73 bits per heavy atom. The van der Waals surface area contributed by atoms with E-state index in [2.05, 4.69) is 10.0 Å². The quantitative estimate of drug-likeness (QED) is 0.793. The largest absolute Gasteiger partial charge is 0.441 e. The van der Waals surface area contributed by atoms with Crippen LogP contribution in [0.1, 0.15) is 5.56 Å². The molecule has 0 spiro atoms. The lowest BCUT2D eigenvalue weighted by Gasteiger charge is -2.27. The molecule has 118 valence electrons. The lowest BCUT2D eigenvalue weighted by molar-refractivity contribution is 0.0188. The zero-order valence-electron chi connectivity index (χ0n) is 12.2. The number of carbonyl (C=O) groups is 1. The second-order valence-electron chi connectivity index (χ2n) is 5.30. The molecule has 0 radical (unpaired) electrons. The second kappa shape index (κ2) is 7.09. The van der Waals surface area contributed by atoms with E-state index in [1.807, 2.05) is 12.1 Å². The third kappa shape index (κ3) is 3.97. The fourth-order valence-corrected chi connectivity index (χ4v) is 2.58. The molecule has 0 aliphatic carbocycles. The zero-order chi connectivity index (χ0) is 15.4. The molecule has 1 amide bonds. The average Bonchev–Trinajstić information content (AvgIpc) is 2.87. The number of amides is 1. The van der Waals surface area contributed by atoms with Crippen molar-refractivity contribution in [1.82, 2.24) is 9.91 Å². The van der Waals surface area contributed by atoms with Gasteiger partial charge in [0.1, 0.15) is 6.10 Å². The number of carbonyl (C=O) groups excluding carboxylic acids is 1. The van der Waals surface area contributed by atoms with Gasteiger partial charge in [-0.2, -0.15) is 10.1 Å². The minimum Gasteiger partial charge on any atom is -0.441 e. The number of cyclic esters (lactones) is 1. The molecular formula is C15H18ClN3O3. The summed E-state index contributed by atoms with van der Waals surface area (Å²) in [5.41, 5.74) is 0.883. The Kier molecular flexibility index (Phi) is 4.92. The summed E-state index contributed by atoms with van der Waals surface area (Å²) in [6, 6.07) is 7.26. The molecule has 0 bridgehead atoms. The van der Waals surface area contributed by atoms with Gasteiger partial charge in [-0.25, -0.2) is 4.79 Å². The molecule has 1 aromatic carbocycles. The molecule has 1 atom stereocenters. The lowest BCUT2D eigenvalue weighted by Crippen LogP contribution is -2.41. The molecule has 1 unspecified atom stereocenters. The van der Waals surface area contributed by atoms with E-state index in [0.29, 0.717) is 11.6 Å². The first kappa shape index (κ1) is 15.3. The van der Waals surface area contributed by atoms with Gasteiger partial charge in [0.25, 0.3) is 0 Å². The van der Waals surface area contributed by atoms with Crippen molar-refractivity contribution in [3.05, 3.63) is 34.9 Å². The highest BCUT2D eigenvalue weighted by molar-refractivity contribution is 6.30. The maximum atomic E-state index is 11.8. The summed E-state index contributed by atoms with van der Waals surface area (Å²) >= 11 is 5.83. The van der Waals surface area contributed by atoms with Gasteiger partial charge in [-0.05, 0) is 17.7 Å². The van der Waals surface area contributed by atoms with Crippen LogP contribution in [0.15, 0.2) is 29.4 Å². The van der Waals surface area contributed by atoms with Crippen LogP contribution in [0.2, 0.25) is 5.02 Å². The van der Waals surface area contributed by atoms with Gasteiger partial charge in [0.2, 0.25) is 0 Å². The predicted octanol–water partition coefficient (Wildman–Crippen LogP) is 1.83. The first-order chi connectivity index (χ1) is 10.7. The second-order valence-corrected chi connectivity index (χ2v) is 5.73. The van der Waals surface area contributed by atoms with E-state index in [-0.39, 0.29) is 6.10 Å². The molecule has 2 aliphatic rings. The van der Waals surface area contributed by atoms with Gasteiger partial charge >= 0.3 is 6.09 Å². The van der Waals surface area contributed by atoms with Crippen LogP contribution in [-0.4, -0.2) is 67.7 Å². The van der Waals surface area contributed by atoms with E-state index in [1.54, 1.807) is 18.3 Å². The molecule has 2 aliphatic heterocycles. The summed E-state index contributed by atoms with van der Waals surface area (Å²) in [6.45, 7) is 4.42. The Hall–Kier alpha value is -1.63. The third-order valence-electron chi connectivity index (χ3n) is 3.64. The number of halogens is 1. The molecule has 1 aromatic rings. The molecule has 0 saturated carbocycles. The van der Waals surface area contributed by atoms with Crippen LogP contribution in [-0.2, 0) is 9.47 Å². The first-order valence-corrected chi connectivity index (χ1v) is 7.66. The first-order valence-electron chi connectivity index (χ1n) is 7.28. The van der Waals surface area contributed by atoms with Crippen molar-refractivity contribution in [3.8, 4) is 0 Å². The Balaban J connectivity index is 1.54. The van der Waals surface area contributed by atoms with Gasteiger partial charge in [0.15, 0.2) is 0 Å². The van der Waals surface area contributed by atoms with Crippen molar-refractivity contribution in [3.63, 3.8) is 0 Å². The molecule has 0 N–H and O–H groups in total. The highest BCUT2D eigenvalue weighted by atomic mass is 35.5. The van der Waals surface area contributed by atoms with Crippen LogP contribution < -0.4 is 0 Å². The Morgan fingerprint density at radius 1 is 1.27 bits per heavy atom. The number of hydrogen-bond donors (Lipinski definition) is 0. The number of benzene rings is 1. The van der Waals surface area contributed by atoms with Crippen LogP contribution >= 0.6 is 11.6 Å². The molecule has 0 aromatic heterocycles. The molecule has 2 heterocycles. The molecule has 6 nitrogen and oxygen atoms in total. The van der Waals surface area contributed by atoms with Gasteiger partial charge in [-0.1, -0.05) is 23.7 Å². The van der Waals surface area contributed by atoms with Gasteiger partial charge in [-0.3, -0.25) is 4.90 Å². The summed E-state index contributed by atoms with van der Waals surface area (Å²) in [5, 5.41) is 6.23. The average molecular weight is 324 g/mol. The molecule has 22 heavy (non-hydrogen) atoms. The normalized spacial score (nSPS) is 23.2. The SMILES string of the molecule is O=C1OC(CN2CCOCC2)CN1/N=C/c1ccc(Cl)cc1. The van der Waals surface area contributed by atoms with E-state index in [1.165, 1.54) is 5.01 Å². The highest BCUT2D eigenvalue weighted by Gasteiger charge is 2.32. The van der Waals surface area contributed by atoms with Crippen LogP contribution in [0.5, 0.6) is 0 Å². The minimum absolute atomic E-state index is 0.145. The summed E-state index contributed by atoms with van der Waals surface area (Å²) in [5.74, 6) is 0. The van der Waals surface area contributed by atoms with Crippen LogP contribution in [0.25, 0.3) is 0 Å². The van der Waals surface area contributed by atoms with Crippen molar-refractivity contribution in [2.75, 3.05) is 39.4 Å². The smallest absolute Gasteiger partial charge is 0.430 e. The summed E-state index contributed by atoms with van der Waals surface area (Å²) in [7, 11) is 0.